The van der Waals surface area contributed by atoms with Gasteiger partial charge in [0.05, 0.1) is 25.6 Å². The smallest absolute Gasteiger partial charge is 0.243 e. The van der Waals surface area contributed by atoms with E-state index in [9.17, 15) is 14.7 Å². The van der Waals surface area contributed by atoms with Gasteiger partial charge in [-0.25, -0.2) is 0 Å². The minimum Gasteiger partial charge on any atom is -0.497 e. The Balaban J connectivity index is 1.87. The monoisotopic (exact) mass is 483 g/mol. The molecule has 0 aliphatic heterocycles. The number of thioether (sulfide) groups is 2. The zero-order valence-electron chi connectivity index (χ0n) is 19.1. The lowest BCUT2D eigenvalue weighted by Crippen LogP contribution is -2.51. The molecule has 1 aliphatic carbocycles. The second-order valence-corrected chi connectivity index (χ2v) is 10.1. The molecule has 0 bridgehead atoms. The molecule has 9 heteroatoms. The van der Waals surface area contributed by atoms with Crippen LogP contribution in [0.2, 0.25) is 0 Å². The fraction of sp³-hybridized carbons (Fsp3) is 0.652. The number of methoxy groups -OCH3 is 1. The van der Waals surface area contributed by atoms with Crippen LogP contribution in [0.25, 0.3) is 0 Å². The van der Waals surface area contributed by atoms with Crippen molar-refractivity contribution in [2.24, 2.45) is 5.92 Å². The normalized spacial score (nSPS) is 16.2. The van der Waals surface area contributed by atoms with Crippen LogP contribution in [0.3, 0.4) is 0 Å². The molecule has 180 valence electrons. The van der Waals surface area contributed by atoms with Gasteiger partial charge >= 0.3 is 0 Å². The van der Waals surface area contributed by atoms with E-state index in [1.165, 1.54) is 43.9 Å². The van der Waals surface area contributed by atoms with Gasteiger partial charge in [0.25, 0.3) is 0 Å². The van der Waals surface area contributed by atoms with Gasteiger partial charge in [0, 0.05) is 12.3 Å². The van der Waals surface area contributed by atoms with Crippen LogP contribution in [0.4, 0.5) is 0 Å². The summed E-state index contributed by atoms with van der Waals surface area (Å²) < 4.78 is 5.17. The number of nitrogens with one attached hydrogen (secondary N) is 3. The van der Waals surface area contributed by atoms with Crippen LogP contribution in [0.1, 0.15) is 37.7 Å². The summed E-state index contributed by atoms with van der Waals surface area (Å²) in [4.78, 5) is 25.3. The Morgan fingerprint density at radius 1 is 1.19 bits per heavy atom. The zero-order chi connectivity index (χ0) is 23.2. The van der Waals surface area contributed by atoms with Gasteiger partial charge in [-0.15, -0.1) is 11.8 Å². The quantitative estimate of drug-likeness (QED) is 0.302. The van der Waals surface area contributed by atoms with Crippen molar-refractivity contribution >= 4 is 35.3 Å². The highest BCUT2D eigenvalue weighted by Crippen LogP contribution is 2.27. The van der Waals surface area contributed by atoms with Gasteiger partial charge in [0.15, 0.2) is 0 Å². The molecule has 1 aliphatic rings. The van der Waals surface area contributed by atoms with E-state index in [1.807, 2.05) is 30.5 Å². The number of hydrogen-bond donors (Lipinski definition) is 4. The van der Waals surface area contributed by atoms with Crippen LogP contribution in [-0.2, 0) is 16.1 Å². The van der Waals surface area contributed by atoms with Crippen molar-refractivity contribution in [3.63, 3.8) is 0 Å². The summed E-state index contributed by atoms with van der Waals surface area (Å²) in [5.41, 5.74) is 0.964. The van der Waals surface area contributed by atoms with E-state index < -0.39 is 6.04 Å². The van der Waals surface area contributed by atoms with Gasteiger partial charge in [-0.05, 0) is 48.5 Å². The molecule has 1 unspecified atom stereocenters. The van der Waals surface area contributed by atoms with E-state index in [4.69, 9.17) is 4.74 Å². The first-order valence-electron chi connectivity index (χ1n) is 11.2. The van der Waals surface area contributed by atoms with E-state index in [0.29, 0.717) is 18.2 Å². The van der Waals surface area contributed by atoms with Gasteiger partial charge in [0.1, 0.15) is 11.8 Å². The number of rotatable bonds is 14. The Morgan fingerprint density at radius 2 is 1.91 bits per heavy atom. The number of aliphatic hydroxyl groups excluding tert-OH is 1. The van der Waals surface area contributed by atoms with Gasteiger partial charge in [0.2, 0.25) is 11.8 Å². The largest absolute Gasteiger partial charge is 0.497 e. The first kappa shape index (κ1) is 26.8. The zero-order valence-corrected chi connectivity index (χ0v) is 20.7. The summed E-state index contributed by atoms with van der Waals surface area (Å²) in [5.74, 6) is 2.61. The Labute approximate surface area is 200 Å². The average molecular weight is 484 g/mol. The van der Waals surface area contributed by atoms with Crippen LogP contribution in [0.15, 0.2) is 24.3 Å². The highest BCUT2D eigenvalue weighted by Gasteiger charge is 2.22. The minimum absolute atomic E-state index is 0.0572. The highest BCUT2D eigenvalue weighted by molar-refractivity contribution is 7.99. The second kappa shape index (κ2) is 15.4. The Hall–Kier alpha value is -1.42. The van der Waals surface area contributed by atoms with E-state index >= 15 is 0 Å². The molecule has 0 aromatic heterocycles. The molecule has 0 saturated heterocycles. The molecule has 2 atom stereocenters. The Kier molecular flexibility index (Phi) is 12.9. The number of aliphatic hydroxyl groups is 1. The van der Waals surface area contributed by atoms with E-state index in [2.05, 4.69) is 16.0 Å². The summed E-state index contributed by atoms with van der Waals surface area (Å²) >= 11 is 3.18. The SMILES string of the molecule is COc1ccc(CNC(=O)[C@H](CSCC2CCCCC2)NC(=O)CNC(CO)SC)cc1. The van der Waals surface area contributed by atoms with Crippen molar-refractivity contribution < 1.29 is 19.4 Å². The van der Waals surface area contributed by atoms with Crippen molar-refractivity contribution in [1.29, 1.82) is 0 Å². The lowest BCUT2D eigenvalue weighted by Gasteiger charge is -2.23. The molecule has 1 saturated carbocycles. The molecule has 7 nitrogen and oxygen atoms in total. The molecule has 2 amide bonds. The van der Waals surface area contributed by atoms with Crippen molar-refractivity contribution in [2.75, 3.05) is 38.0 Å². The van der Waals surface area contributed by atoms with Gasteiger partial charge in [-0.3, -0.25) is 14.9 Å². The molecular formula is C23H37N3O4S2. The van der Waals surface area contributed by atoms with E-state index in [-0.39, 0.29) is 30.3 Å². The highest BCUT2D eigenvalue weighted by atomic mass is 32.2. The standard InChI is InChI=1S/C23H37N3O4S2/c1-30-19-10-8-17(9-11-19)12-25-23(29)20(16-32-15-18-6-4-3-5-7-18)26-21(28)13-24-22(14-27)31-2/h8-11,18,20,22,24,27H,3-7,12-16H2,1-2H3,(H,25,29)(H,26,28)/t20-,22?/m0/s1. The van der Waals surface area contributed by atoms with E-state index in [1.54, 1.807) is 18.9 Å². The predicted molar refractivity (Wildman–Crippen MR) is 133 cm³/mol. The molecule has 0 heterocycles. The third-order valence-electron chi connectivity index (χ3n) is 5.58. The van der Waals surface area contributed by atoms with Crippen molar-refractivity contribution in [1.82, 2.24) is 16.0 Å². The average Bonchev–Trinajstić information content (AvgIpc) is 2.83. The van der Waals surface area contributed by atoms with Crippen LogP contribution in [-0.4, -0.2) is 66.4 Å². The number of hydrogen-bond acceptors (Lipinski definition) is 7. The minimum atomic E-state index is -0.599. The van der Waals surface area contributed by atoms with Gasteiger partial charge in [-0.2, -0.15) is 11.8 Å². The van der Waals surface area contributed by atoms with Gasteiger partial charge in [-0.1, -0.05) is 31.4 Å². The fourth-order valence-corrected chi connectivity index (χ4v) is 5.29. The first-order valence-corrected chi connectivity index (χ1v) is 13.6. The molecule has 1 fully saturated rings. The lowest BCUT2D eigenvalue weighted by molar-refractivity contribution is -0.128. The summed E-state index contributed by atoms with van der Waals surface area (Å²) in [6.45, 7) is 0.388. The maximum Gasteiger partial charge on any atom is 0.243 e. The number of carbonyl (C=O) groups excluding carboxylic acids is 2. The van der Waals surface area contributed by atoms with Crippen molar-refractivity contribution in [3.05, 3.63) is 29.8 Å². The number of amides is 2. The Morgan fingerprint density at radius 3 is 2.53 bits per heavy atom. The Bertz CT molecular complexity index is 680. The molecule has 0 radical (unpaired) electrons. The molecule has 1 aromatic carbocycles. The molecule has 0 spiro atoms. The lowest BCUT2D eigenvalue weighted by atomic mass is 9.91. The number of carbonyl (C=O) groups is 2. The molecule has 1 aromatic rings. The molecular weight excluding hydrogens is 446 g/mol. The third kappa shape index (κ3) is 10.0. The van der Waals surface area contributed by atoms with E-state index in [0.717, 1.165) is 17.1 Å². The summed E-state index contributed by atoms with van der Waals surface area (Å²) in [5, 5.41) is 17.9. The van der Waals surface area contributed by atoms with Crippen molar-refractivity contribution in [2.45, 2.75) is 50.1 Å². The fourth-order valence-electron chi connectivity index (χ4n) is 3.62. The first-order chi connectivity index (χ1) is 15.5. The third-order valence-corrected chi connectivity index (χ3v) is 7.74. The topological polar surface area (TPSA) is 99.7 Å². The maximum absolute atomic E-state index is 12.9. The number of ether oxygens (including phenoxy) is 1. The van der Waals surface area contributed by atoms with Crippen LogP contribution in [0.5, 0.6) is 5.75 Å². The second-order valence-electron chi connectivity index (χ2n) is 8.02. The predicted octanol–water partition coefficient (Wildman–Crippen LogP) is 2.38. The van der Waals surface area contributed by atoms with Crippen LogP contribution in [0, 0.1) is 5.92 Å². The summed E-state index contributed by atoms with van der Waals surface area (Å²) in [6, 6.07) is 6.93. The maximum atomic E-state index is 12.9. The van der Waals surface area contributed by atoms with Crippen LogP contribution >= 0.6 is 23.5 Å². The van der Waals surface area contributed by atoms with Crippen LogP contribution < -0.4 is 20.7 Å². The summed E-state index contributed by atoms with van der Waals surface area (Å²) in [7, 11) is 1.62. The summed E-state index contributed by atoms with van der Waals surface area (Å²) in [6.07, 6.45) is 8.29. The number of benzene rings is 1. The van der Waals surface area contributed by atoms with Crippen molar-refractivity contribution in [3.8, 4) is 5.75 Å². The molecule has 2 rings (SSSR count). The molecule has 32 heavy (non-hydrogen) atoms. The molecule has 4 N–H and O–H groups in total. The van der Waals surface area contributed by atoms with Gasteiger partial charge < -0.3 is 20.5 Å².